The highest BCUT2D eigenvalue weighted by Crippen LogP contribution is 2.30. The third-order valence-electron chi connectivity index (χ3n) is 6.32. The van der Waals surface area contributed by atoms with Gasteiger partial charge in [0.15, 0.2) is 0 Å². The van der Waals surface area contributed by atoms with E-state index in [2.05, 4.69) is 22.1 Å². The second kappa shape index (κ2) is 10.6. The zero-order chi connectivity index (χ0) is 27.6. The quantitative estimate of drug-likeness (QED) is 0.292. The Bertz CT molecular complexity index is 1490. The highest BCUT2D eigenvalue weighted by molar-refractivity contribution is 5.95. The molecule has 1 aliphatic rings. The summed E-state index contributed by atoms with van der Waals surface area (Å²) in [7, 11) is 0. The zero-order valence-corrected chi connectivity index (χ0v) is 20.7. The van der Waals surface area contributed by atoms with Crippen LogP contribution in [0.15, 0.2) is 47.3 Å². The van der Waals surface area contributed by atoms with E-state index in [-0.39, 0.29) is 43.3 Å². The van der Waals surface area contributed by atoms with Gasteiger partial charge in [0.05, 0.1) is 41.5 Å². The van der Waals surface area contributed by atoms with Crippen molar-refractivity contribution in [3.63, 3.8) is 0 Å². The smallest absolute Gasteiger partial charge is 0.399 e. The summed E-state index contributed by atoms with van der Waals surface area (Å²) in [4.78, 5) is 32.5. The van der Waals surface area contributed by atoms with Gasteiger partial charge in [-0.15, -0.1) is 5.92 Å². The number of nitrogens with two attached hydrogens (primary N) is 1. The van der Waals surface area contributed by atoms with Crippen molar-refractivity contribution in [1.82, 2.24) is 14.5 Å². The molecule has 0 saturated heterocycles. The van der Waals surface area contributed by atoms with Crippen molar-refractivity contribution in [3.8, 4) is 11.8 Å². The number of nitrogen functional groups attached to an aromatic ring is 1. The molecule has 2 heterocycles. The summed E-state index contributed by atoms with van der Waals surface area (Å²) in [6, 6.07) is 8.07. The van der Waals surface area contributed by atoms with Gasteiger partial charge in [-0.05, 0) is 49.7 Å². The lowest BCUT2D eigenvalue weighted by atomic mass is 10.0. The molecule has 7 nitrogen and oxygen atoms in total. The normalized spacial score (nSPS) is 13.8. The second-order valence-electron chi connectivity index (χ2n) is 8.88. The SMILES string of the molecule is CC#CCn1c(N[C@@H](C)c2ccc(C(F)(F)F)cc2)nc2c(c1=O)CN(C(=O)c1ccc(N)cc1F)CC2. The maximum absolute atomic E-state index is 14.3. The van der Waals surface area contributed by atoms with E-state index in [1.807, 2.05) is 0 Å². The number of halogens is 4. The number of aromatic nitrogens is 2. The Morgan fingerprint density at radius 1 is 1.21 bits per heavy atom. The fourth-order valence-electron chi connectivity index (χ4n) is 4.22. The molecule has 1 aromatic heterocycles. The van der Waals surface area contributed by atoms with Gasteiger partial charge in [-0.1, -0.05) is 18.1 Å². The Balaban J connectivity index is 1.63. The van der Waals surface area contributed by atoms with E-state index in [9.17, 15) is 27.2 Å². The molecule has 0 spiro atoms. The van der Waals surface area contributed by atoms with Crippen LogP contribution in [0.1, 0.15) is 52.6 Å². The molecule has 3 N–H and O–H groups in total. The lowest BCUT2D eigenvalue weighted by Gasteiger charge is -2.29. The summed E-state index contributed by atoms with van der Waals surface area (Å²) in [5, 5.41) is 3.12. The summed E-state index contributed by atoms with van der Waals surface area (Å²) < 4.78 is 54.5. The number of benzene rings is 2. The number of anilines is 2. The lowest BCUT2D eigenvalue weighted by molar-refractivity contribution is -0.137. The van der Waals surface area contributed by atoms with E-state index in [4.69, 9.17) is 5.73 Å². The number of rotatable bonds is 5. The Morgan fingerprint density at radius 2 is 1.92 bits per heavy atom. The zero-order valence-electron chi connectivity index (χ0n) is 20.7. The van der Waals surface area contributed by atoms with Crippen molar-refractivity contribution in [2.75, 3.05) is 17.6 Å². The van der Waals surface area contributed by atoms with Crippen molar-refractivity contribution >= 4 is 17.5 Å². The van der Waals surface area contributed by atoms with Crippen LogP contribution >= 0.6 is 0 Å². The van der Waals surface area contributed by atoms with Crippen LogP contribution in [-0.4, -0.2) is 26.9 Å². The topological polar surface area (TPSA) is 93.2 Å². The molecule has 0 unspecified atom stereocenters. The largest absolute Gasteiger partial charge is 0.416 e. The third kappa shape index (κ3) is 5.49. The summed E-state index contributed by atoms with van der Waals surface area (Å²) in [5.41, 5.74) is 5.82. The van der Waals surface area contributed by atoms with Crippen molar-refractivity contribution < 1.29 is 22.4 Å². The van der Waals surface area contributed by atoms with E-state index >= 15 is 0 Å². The van der Waals surface area contributed by atoms with Crippen molar-refractivity contribution in [2.45, 2.75) is 45.6 Å². The van der Waals surface area contributed by atoms with E-state index in [1.165, 1.54) is 33.7 Å². The standard InChI is InChI=1S/C27H25F4N5O2/c1-3-4-12-36-25(38)21-15-35(24(37)20-10-9-19(32)14-22(20)28)13-11-23(21)34-26(36)33-16(2)17-5-7-18(8-6-17)27(29,30)31/h5-10,14,16H,11-13,15,32H2,1-2H3,(H,33,34)/t16-/m0/s1. The first-order valence-corrected chi connectivity index (χ1v) is 11.8. The van der Waals surface area contributed by atoms with Crippen LogP contribution in [0, 0.1) is 17.7 Å². The average molecular weight is 528 g/mol. The fourth-order valence-corrected chi connectivity index (χ4v) is 4.22. The van der Waals surface area contributed by atoms with Crippen molar-refractivity contribution in [1.29, 1.82) is 0 Å². The third-order valence-corrected chi connectivity index (χ3v) is 6.32. The number of hydrogen-bond donors (Lipinski definition) is 2. The molecule has 198 valence electrons. The highest BCUT2D eigenvalue weighted by Gasteiger charge is 2.31. The molecule has 3 aromatic rings. The minimum atomic E-state index is -4.44. The molecular formula is C27H25F4N5O2. The molecule has 11 heteroatoms. The van der Waals surface area contributed by atoms with Gasteiger partial charge in [0.1, 0.15) is 5.82 Å². The van der Waals surface area contributed by atoms with Crippen LogP contribution in [0.5, 0.6) is 0 Å². The van der Waals surface area contributed by atoms with Gasteiger partial charge in [0.2, 0.25) is 5.95 Å². The number of alkyl halides is 3. The van der Waals surface area contributed by atoms with Crippen molar-refractivity contribution in [3.05, 3.63) is 86.6 Å². The van der Waals surface area contributed by atoms with E-state index < -0.39 is 35.1 Å². The van der Waals surface area contributed by atoms with Gasteiger partial charge in [0, 0.05) is 18.7 Å². The maximum Gasteiger partial charge on any atom is 0.416 e. The average Bonchev–Trinajstić information content (AvgIpc) is 2.87. The molecule has 1 amide bonds. The van der Waals surface area contributed by atoms with Crippen LogP contribution < -0.4 is 16.6 Å². The predicted molar refractivity (Wildman–Crippen MR) is 135 cm³/mol. The molecule has 0 fully saturated rings. The van der Waals surface area contributed by atoms with Gasteiger partial charge < -0.3 is 16.0 Å². The Kier molecular flexibility index (Phi) is 7.44. The Morgan fingerprint density at radius 3 is 2.55 bits per heavy atom. The number of carbonyl (C=O) groups is 1. The molecule has 0 bridgehead atoms. The molecule has 4 rings (SSSR count). The molecule has 0 radical (unpaired) electrons. The number of hydrogen-bond acceptors (Lipinski definition) is 5. The first-order valence-electron chi connectivity index (χ1n) is 11.8. The molecular weight excluding hydrogens is 502 g/mol. The Hall–Kier alpha value is -4.33. The summed E-state index contributed by atoms with van der Waals surface area (Å²) in [6.07, 6.45) is -4.18. The van der Waals surface area contributed by atoms with E-state index in [1.54, 1.807) is 13.8 Å². The maximum atomic E-state index is 14.3. The van der Waals surface area contributed by atoms with Crippen LogP contribution in [0.2, 0.25) is 0 Å². The molecule has 0 aliphatic carbocycles. The molecule has 38 heavy (non-hydrogen) atoms. The van der Waals surface area contributed by atoms with E-state index in [0.717, 1.165) is 18.2 Å². The minimum Gasteiger partial charge on any atom is -0.399 e. The van der Waals surface area contributed by atoms with Crippen molar-refractivity contribution in [2.24, 2.45) is 0 Å². The van der Waals surface area contributed by atoms with Gasteiger partial charge >= 0.3 is 6.18 Å². The predicted octanol–water partition coefficient (Wildman–Crippen LogP) is 4.38. The molecule has 0 saturated carbocycles. The number of carbonyl (C=O) groups excluding carboxylic acids is 1. The van der Waals surface area contributed by atoms with Crippen LogP contribution in [0.4, 0.5) is 29.2 Å². The first-order chi connectivity index (χ1) is 18.0. The second-order valence-corrected chi connectivity index (χ2v) is 8.88. The van der Waals surface area contributed by atoms with Gasteiger partial charge in [-0.2, -0.15) is 13.2 Å². The van der Waals surface area contributed by atoms with Gasteiger partial charge in [-0.25, -0.2) is 9.37 Å². The monoisotopic (exact) mass is 527 g/mol. The fraction of sp³-hybridized carbons (Fsp3) is 0.296. The van der Waals surface area contributed by atoms with Gasteiger partial charge in [0.25, 0.3) is 11.5 Å². The highest BCUT2D eigenvalue weighted by atomic mass is 19.4. The number of nitrogens with zero attached hydrogens (tertiary/aromatic N) is 3. The summed E-state index contributed by atoms with van der Waals surface area (Å²) in [5.74, 6) is 4.46. The molecule has 1 atom stereocenters. The van der Waals surface area contributed by atoms with E-state index in [0.29, 0.717) is 16.8 Å². The molecule has 1 aliphatic heterocycles. The number of amides is 1. The number of nitrogens with one attached hydrogen (secondary N) is 1. The summed E-state index contributed by atoms with van der Waals surface area (Å²) in [6.45, 7) is 3.53. The van der Waals surface area contributed by atoms with Crippen LogP contribution in [-0.2, 0) is 25.7 Å². The lowest BCUT2D eigenvalue weighted by Crippen LogP contribution is -2.42. The van der Waals surface area contributed by atoms with Crippen LogP contribution in [0.25, 0.3) is 0 Å². The minimum absolute atomic E-state index is 0.0121. The first kappa shape index (κ1) is 26.7. The molecule has 2 aromatic carbocycles. The summed E-state index contributed by atoms with van der Waals surface area (Å²) >= 11 is 0. The van der Waals surface area contributed by atoms with Crippen LogP contribution in [0.3, 0.4) is 0 Å². The number of fused-ring (bicyclic) bond motifs is 1. The van der Waals surface area contributed by atoms with Gasteiger partial charge in [-0.3, -0.25) is 14.2 Å². The Labute approximate surface area is 216 Å².